The fraction of sp³-hybridized carbons (Fsp3) is 0.357. The smallest absolute Gasteiger partial charge is 0.315 e. The quantitative estimate of drug-likeness (QED) is 0.798. The highest BCUT2D eigenvalue weighted by Crippen LogP contribution is 2.09. The van der Waals surface area contributed by atoms with Gasteiger partial charge in [-0.2, -0.15) is 0 Å². The summed E-state index contributed by atoms with van der Waals surface area (Å²) in [7, 11) is 1.62. The molecule has 96 valence electrons. The summed E-state index contributed by atoms with van der Waals surface area (Å²) in [6.45, 7) is 4.13. The van der Waals surface area contributed by atoms with Crippen LogP contribution in [0, 0.1) is 11.8 Å². The number of carbonyl (C=O) groups excluding carboxylic acids is 1. The Kier molecular flexibility index (Phi) is 5.59. The lowest BCUT2D eigenvalue weighted by atomic mass is 10.2. The maximum atomic E-state index is 11.2. The molecule has 0 aliphatic rings. The van der Waals surface area contributed by atoms with E-state index in [1.807, 2.05) is 38.1 Å². The molecular formula is C14H18N2O2. The molecule has 0 radical (unpaired) electrons. The van der Waals surface area contributed by atoms with E-state index in [1.165, 1.54) is 0 Å². The second kappa shape index (κ2) is 7.23. The molecule has 1 aromatic carbocycles. The molecule has 2 amide bonds. The first-order valence-corrected chi connectivity index (χ1v) is 5.79. The number of carbonyl (C=O) groups is 1. The molecule has 0 unspecified atom stereocenters. The third kappa shape index (κ3) is 5.26. The molecule has 18 heavy (non-hydrogen) atoms. The van der Waals surface area contributed by atoms with E-state index in [4.69, 9.17) is 4.74 Å². The van der Waals surface area contributed by atoms with Crippen LogP contribution in [0.25, 0.3) is 0 Å². The number of amides is 2. The number of methoxy groups -OCH3 is 1. The normalized spacial score (nSPS) is 9.33. The summed E-state index contributed by atoms with van der Waals surface area (Å²) in [5.41, 5.74) is 0.891. The number of benzene rings is 1. The zero-order chi connectivity index (χ0) is 13.4. The lowest BCUT2D eigenvalue weighted by molar-refractivity contribution is 0.240. The number of ether oxygens (including phenoxy) is 1. The SMILES string of the molecule is COc1ccc(C#CCNC(=O)NC(C)C)cc1. The van der Waals surface area contributed by atoms with E-state index in [0.717, 1.165) is 11.3 Å². The fourth-order valence-corrected chi connectivity index (χ4v) is 1.26. The predicted molar refractivity (Wildman–Crippen MR) is 71.5 cm³/mol. The monoisotopic (exact) mass is 246 g/mol. The molecule has 0 saturated heterocycles. The van der Waals surface area contributed by atoms with Gasteiger partial charge < -0.3 is 15.4 Å². The number of rotatable bonds is 3. The summed E-state index contributed by atoms with van der Waals surface area (Å²) < 4.78 is 5.05. The van der Waals surface area contributed by atoms with Crippen LogP contribution in [0.15, 0.2) is 24.3 Å². The topological polar surface area (TPSA) is 50.4 Å². The van der Waals surface area contributed by atoms with E-state index in [2.05, 4.69) is 22.5 Å². The van der Waals surface area contributed by atoms with E-state index in [9.17, 15) is 4.79 Å². The number of urea groups is 1. The highest BCUT2D eigenvalue weighted by Gasteiger charge is 1.98. The molecular weight excluding hydrogens is 228 g/mol. The van der Waals surface area contributed by atoms with Crippen molar-refractivity contribution in [1.82, 2.24) is 10.6 Å². The van der Waals surface area contributed by atoms with Crippen molar-refractivity contribution in [2.24, 2.45) is 0 Å². The van der Waals surface area contributed by atoms with Gasteiger partial charge in [-0.3, -0.25) is 0 Å². The maximum absolute atomic E-state index is 11.2. The van der Waals surface area contributed by atoms with E-state index in [0.29, 0.717) is 6.54 Å². The third-order valence-electron chi connectivity index (χ3n) is 2.08. The Morgan fingerprint density at radius 3 is 2.56 bits per heavy atom. The molecule has 0 atom stereocenters. The molecule has 0 saturated carbocycles. The average Bonchev–Trinajstić information content (AvgIpc) is 2.34. The van der Waals surface area contributed by atoms with Crippen molar-refractivity contribution in [2.45, 2.75) is 19.9 Å². The van der Waals surface area contributed by atoms with Crippen molar-refractivity contribution in [3.8, 4) is 17.6 Å². The zero-order valence-electron chi connectivity index (χ0n) is 10.9. The van der Waals surface area contributed by atoms with Gasteiger partial charge in [0.25, 0.3) is 0 Å². The second-order valence-corrected chi connectivity index (χ2v) is 4.01. The second-order valence-electron chi connectivity index (χ2n) is 4.01. The van der Waals surface area contributed by atoms with Gasteiger partial charge in [0.2, 0.25) is 0 Å². The summed E-state index contributed by atoms with van der Waals surface area (Å²) >= 11 is 0. The highest BCUT2D eigenvalue weighted by atomic mass is 16.5. The van der Waals surface area contributed by atoms with Crippen LogP contribution in [0.2, 0.25) is 0 Å². The van der Waals surface area contributed by atoms with E-state index < -0.39 is 0 Å². The Hall–Kier alpha value is -2.15. The summed E-state index contributed by atoms with van der Waals surface area (Å²) in [6.07, 6.45) is 0. The maximum Gasteiger partial charge on any atom is 0.315 e. The summed E-state index contributed by atoms with van der Waals surface area (Å²) in [4.78, 5) is 11.2. The summed E-state index contributed by atoms with van der Waals surface area (Å²) in [5.74, 6) is 6.64. The van der Waals surface area contributed by atoms with Crippen LogP contribution >= 0.6 is 0 Å². The largest absolute Gasteiger partial charge is 0.497 e. The van der Waals surface area contributed by atoms with Crippen molar-refractivity contribution < 1.29 is 9.53 Å². The van der Waals surface area contributed by atoms with Gasteiger partial charge in [-0.1, -0.05) is 11.8 Å². The minimum atomic E-state index is -0.200. The molecule has 0 heterocycles. The van der Waals surface area contributed by atoms with Crippen LogP contribution in [-0.4, -0.2) is 25.7 Å². The fourth-order valence-electron chi connectivity index (χ4n) is 1.26. The standard InChI is InChI=1S/C14H18N2O2/c1-11(2)16-14(17)15-10-4-5-12-6-8-13(18-3)9-7-12/h6-9,11H,10H2,1-3H3,(H2,15,16,17). The van der Waals surface area contributed by atoms with Gasteiger partial charge in [0.1, 0.15) is 5.75 Å². The van der Waals surface area contributed by atoms with Gasteiger partial charge in [-0.15, -0.1) is 0 Å². The minimum Gasteiger partial charge on any atom is -0.497 e. The van der Waals surface area contributed by atoms with Crippen molar-refractivity contribution in [1.29, 1.82) is 0 Å². The highest BCUT2D eigenvalue weighted by molar-refractivity contribution is 5.74. The van der Waals surface area contributed by atoms with Crippen LogP contribution in [0.1, 0.15) is 19.4 Å². The molecule has 4 nitrogen and oxygen atoms in total. The van der Waals surface area contributed by atoms with E-state index >= 15 is 0 Å². The molecule has 0 bridgehead atoms. The first-order valence-electron chi connectivity index (χ1n) is 5.79. The minimum absolute atomic E-state index is 0.125. The first-order chi connectivity index (χ1) is 8.61. The molecule has 4 heteroatoms. The Labute approximate surface area is 108 Å². The number of hydrogen-bond acceptors (Lipinski definition) is 2. The van der Waals surface area contributed by atoms with Gasteiger partial charge in [-0.25, -0.2) is 4.79 Å². The van der Waals surface area contributed by atoms with Crippen LogP contribution < -0.4 is 15.4 Å². The number of hydrogen-bond donors (Lipinski definition) is 2. The van der Waals surface area contributed by atoms with Gasteiger partial charge in [0, 0.05) is 11.6 Å². The lowest BCUT2D eigenvalue weighted by Gasteiger charge is -2.07. The molecule has 1 rings (SSSR count). The van der Waals surface area contributed by atoms with Gasteiger partial charge in [0.05, 0.1) is 13.7 Å². The summed E-state index contributed by atoms with van der Waals surface area (Å²) in [5, 5.41) is 5.38. The van der Waals surface area contributed by atoms with Crippen LogP contribution in [-0.2, 0) is 0 Å². The predicted octanol–water partition coefficient (Wildman–Crippen LogP) is 1.75. The molecule has 0 aliphatic carbocycles. The lowest BCUT2D eigenvalue weighted by Crippen LogP contribution is -2.39. The average molecular weight is 246 g/mol. The van der Waals surface area contributed by atoms with E-state index in [-0.39, 0.29) is 12.1 Å². The van der Waals surface area contributed by atoms with Crippen LogP contribution in [0.5, 0.6) is 5.75 Å². The van der Waals surface area contributed by atoms with Crippen molar-refractivity contribution in [3.63, 3.8) is 0 Å². The van der Waals surface area contributed by atoms with Crippen molar-refractivity contribution in [2.75, 3.05) is 13.7 Å². The summed E-state index contributed by atoms with van der Waals surface area (Å²) in [6, 6.07) is 7.37. The Morgan fingerprint density at radius 2 is 2.00 bits per heavy atom. The molecule has 0 aliphatic heterocycles. The molecule has 0 fully saturated rings. The van der Waals surface area contributed by atoms with Gasteiger partial charge in [-0.05, 0) is 38.1 Å². The third-order valence-corrected chi connectivity index (χ3v) is 2.08. The molecule has 1 aromatic rings. The van der Waals surface area contributed by atoms with Crippen LogP contribution in [0.4, 0.5) is 4.79 Å². The van der Waals surface area contributed by atoms with Gasteiger partial charge in [0.15, 0.2) is 0 Å². The zero-order valence-corrected chi connectivity index (χ0v) is 10.9. The molecule has 0 spiro atoms. The Bertz CT molecular complexity index is 441. The first kappa shape index (κ1) is 13.9. The molecule has 2 N–H and O–H groups in total. The van der Waals surface area contributed by atoms with Crippen LogP contribution in [0.3, 0.4) is 0 Å². The van der Waals surface area contributed by atoms with Crippen molar-refractivity contribution >= 4 is 6.03 Å². The number of nitrogens with one attached hydrogen (secondary N) is 2. The Morgan fingerprint density at radius 1 is 1.33 bits per heavy atom. The van der Waals surface area contributed by atoms with Gasteiger partial charge >= 0.3 is 6.03 Å². The van der Waals surface area contributed by atoms with Crippen molar-refractivity contribution in [3.05, 3.63) is 29.8 Å². The Balaban J connectivity index is 2.39. The molecule has 0 aromatic heterocycles. The van der Waals surface area contributed by atoms with E-state index in [1.54, 1.807) is 7.11 Å².